The molecule has 0 radical (unpaired) electrons. The lowest BCUT2D eigenvalue weighted by atomic mass is 9.80. The van der Waals surface area contributed by atoms with Crippen molar-refractivity contribution in [2.75, 3.05) is 13.1 Å². The van der Waals surface area contributed by atoms with Crippen molar-refractivity contribution in [1.29, 1.82) is 0 Å². The van der Waals surface area contributed by atoms with Crippen LogP contribution in [0, 0.1) is 19.8 Å². The Hall–Kier alpha value is -2.32. The average molecular weight is 481 g/mol. The summed E-state index contributed by atoms with van der Waals surface area (Å²) in [5.74, 6) is -1.11. The summed E-state index contributed by atoms with van der Waals surface area (Å²) in [5, 5.41) is 4.87. The predicted molar refractivity (Wildman–Crippen MR) is 123 cm³/mol. The van der Waals surface area contributed by atoms with E-state index in [1.54, 1.807) is 4.90 Å². The number of amides is 1. The van der Waals surface area contributed by atoms with E-state index >= 15 is 0 Å². The maximum atomic E-state index is 13.1. The van der Waals surface area contributed by atoms with E-state index in [1.165, 1.54) is 0 Å². The van der Waals surface area contributed by atoms with Crippen molar-refractivity contribution in [2.45, 2.75) is 96.8 Å². The number of hydrogen-bond acceptors (Lipinski definition) is 4. The molecule has 6 nitrogen and oxygen atoms in total. The van der Waals surface area contributed by atoms with Gasteiger partial charge in [-0.05, 0) is 78.7 Å². The van der Waals surface area contributed by atoms with E-state index in [1.807, 2.05) is 45.2 Å². The third-order valence-corrected chi connectivity index (χ3v) is 7.21. The van der Waals surface area contributed by atoms with Gasteiger partial charge in [-0.3, -0.25) is 0 Å². The molecule has 1 saturated carbocycles. The van der Waals surface area contributed by atoms with Crippen LogP contribution in [0.4, 0.5) is 18.0 Å². The van der Waals surface area contributed by atoms with Gasteiger partial charge >= 0.3 is 12.3 Å². The van der Waals surface area contributed by atoms with Crippen molar-refractivity contribution >= 4 is 11.7 Å². The van der Waals surface area contributed by atoms with Crippen LogP contribution in [0.2, 0.25) is 0 Å². The Morgan fingerprint density at radius 2 is 1.74 bits per heavy atom. The minimum absolute atomic E-state index is 0.0124. The fourth-order valence-electron chi connectivity index (χ4n) is 5.33. The number of rotatable bonds is 2. The molecule has 2 aromatic rings. The van der Waals surface area contributed by atoms with Gasteiger partial charge < -0.3 is 9.64 Å². The Kier molecular flexibility index (Phi) is 6.59. The first kappa shape index (κ1) is 24.8. The van der Waals surface area contributed by atoms with Gasteiger partial charge in [-0.2, -0.15) is 18.3 Å². The highest BCUT2D eigenvalue weighted by atomic mass is 19.4. The van der Waals surface area contributed by atoms with Crippen LogP contribution in [0.1, 0.15) is 93.8 Å². The minimum atomic E-state index is -4.12. The van der Waals surface area contributed by atoms with Crippen LogP contribution < -0.4 is 0 Å². The van der Waals surface area contributed by atoms with Gasteiger partial charge in [0.25, 0.3) is 0 Å². The fraction of sp³-hybridized carbons (Fsp3) is 0.720. The molecule has 34 heavy (non-hydrogen) atoms. The van der Waals surface area contributed by atoms with Crippen molar-refractivity contribution in [3.05, 3.63) is 28.7 Å². The van der Waals surface area contributed by atoms with Gasteiger partial charge in [0, 0.05) is 36.7 Å². The molecule has 0 N–H and O–H groups in total. The molecular formula is C25H35F3N4O2. The number of piperidine rings is 1. The molecule has 4 rings (SSSR count). The standard InChI is InChI=1S/C25H35F3N4O2/c1-15-16(2)29-21-13-20(17-8-10-19(11-9-17)25(26,27)28)30-32(21)22(15)18-7-6-12-31(14-18)23(33)34-24(3,4)5/h13,17-19H,6-12,14H2,1-5H3/t17-,18-,19-/m0/s1. The molecule has 2 aromatic heterocycles. The van der Waals surface area contributed by atoms with E-state index in [9.17, 15) is 18.0 Å². The zero-order valence-corrected chi connectivity index (χ0v) is 20.7. The molecule has 2 fully saturated rings. The lowest BCUT2D eigenvalue weighted by molar-refractivity contribution is -0.182. The number of hydrogen-bond donors (Lipinski definition) is 0. The average Bonchev–Trinajstić information content (AvgIpc) is 3.16. The molecule has 9 heteroatoms. The molecule has 3 heterocycles. The zero-order valence-electron chi connectivity index (χ0n) is 20.7. The molecule has 0 unspecified atom stereocenters. The molecule has 0 bridgehead atoms. The van der Waals surface area contributed by atoms with E-state index < -0.39 is 17.7 Å². The number of alkyl halides is 3. The summed E-state index contributed by atoms with van der Waals surface area (Å²) in [4.78, 5) is 19.2. The van der Waals surface area contributed by atoms with E-state index in [0.29, 0.717) is 25.9 Å². The Morgan fingerprint density at radius 1 is 1.06 bits per heavy atom. The number of carbonyl (C=O) groups is 1. The highest BCUT2D eigenvalue weighted by Crippen LogP contribution is 2.43. The van der Waals surface area contributed by atoms with Crippen LogP contribution >= 0.6 is 0 Å². The second-order valence-corrected chi connectivity index (χ2v) is 10.9. The van der Waals surface area contributed by atoms with Gasteiger partial charge in [0.2, 0.25) is 0 Å². The maximum Gasteiger partial charge on any atom is 0.410 e. The topological polar surface area (TPSA) is 59.7 Å². The van der Waals surface area contributed by atoms with Crippen molar-refractivity contribution in [3.63, 3.8) is 0 Å². The summed E-state index contributed by atoms with van der Waals surface area (Å²) in [5.41, 5.74) is 3.97. The Bertz CT molecular complexity index is 1050. The molecule has 1 aliphatic carbocycles. The van der Waals surface area contributed by atoms with Crippen molar-refractivity contribution in [3.8, 4) is 0 Å². The van der Waals surface area contributed by atoms with Crippen LogP contribution in [0.3, 0.4) is 0 Å². The van der Waals surface area contributed by atoms with Crippen LogP contribution in [-0.2, 0) is 4.74 Å². The van der Waals surface area contributed by atoms with Gasteiger partial charge in [-0.25, -0.2) is 14.3 Å². The number of likely N-dealkylation sites (tertiary alicyclic amines) is 1. The quantitative estimate of drug-likeness (QED) is 0.506. The smallest absolute Gasteiger partial charge is 0.410 e. The number of nitrogens with zero attached hydrogens (tertiary/aromatic N) is 4. The third kappa shape index (κ3) is 5.18. The lowest BCUT2D eigenvalue weighted by Gasteiger charge is -2.35. The molecule has 1 aliphatic heterocycles. The van der Waals surface area contributed by atoms with Gasteiger partial charge in [0.1, 0.15) is 5.60 Å². The first-order chi connectivity index (χ1) is 15.8. The first-order valence-electron chi connectivity index (χ1n) is 12.2. The van der Waals surface area contributed by atoms with Crippen LogP contribution in [0.5, 0.6) is 0 Å². The number of aryl methyl sites for hydroxylation is 1. The van der Waals surface area contributed by atoms with Crippen molar-refractivity contribution in [1.82, 2.24) is 19.5 Å². The maximum absolute atomic E-state index is 13.1. The summed E-state index contributed by atoms with van der Waals surface area (Å²) >= 11 is 0. The summed E-state index contributed by atoms with van der Waals surface area (Å²) in [7, 11) is 0. The zero-order chi connectivity index (χ0) is 24.8. The van der Waals surface area contributed by atoms with Gasteiger partial charge in [-0.1, -0.05) is 0 Å². The van der Waals surface area contributed by atoms with E-state index in [4.69, 9.17) is 14.8 Å². The van der Waals surface area contributed by atoms with Gasteiger partial charge in [-0.15, -0.1) is 0 Å². The molecule has 1 amide bonds. The largest absolute Gasteiger partial charge is 0.444 e. The van der Waals surface area contributed by atoms with Crippen LogP contribution in [0.25, 0.3) is 5.65 Å². The van der Waals surface area contributed by atoms with E-state index in [-0.39, 0.29) is 30.8 Å². The SMILES string of the molecule is Cc1nc2cc([C@H]3CC[C@H](C(F)(F)F)CC3)nn2c([C@H]2CCCN(C(=O)OC(C)(C)C)C2)c1C. The molecule has 188 valence electrons. The summed E-state index contributed by atoms with van der Waals surface area (Å²) in [6.45, 7) is 10.8. The first-order valence-corrected chi connectivity index (χ1v) is 12.2. The highest BCUT2D eigenvalue weighted by molar-refractivity contribution is 5.68. The predicted octanol–water partition coefficient (Wildman–Crippen LogP) is 6.30. The third-order valence-electron chi connectivity index (χ3n) is 7.21. The second-order valence-electron chi connectivity index (χ2n) is 10.9. The van der Waals surface area contributed by atoms with Crippen LogP contribution in [-0.4, -0.2) is 50.5 Å². The Balaban J connectivity index is 1.60. The van der Waals surface area contributed by atoms with Crippen molar-refractivity contribution < 1.29 is 22.7 Å². The number of ether oxygens (including phenoxy) is 1. The fourth-order valence-corrected chi connectivity index (χ4v) is 5.33. The number of aromatic nitrogens is 3. The Labute approximate surface area is 198 Å². The van der Waals surface area contributed by atoms with Gasteiger partial charge in [0.15, 0.2) is 5.65 Å². The lowest BCUT2D eigenvalue weighted by Crippen LogP contribution is -2.42. The molecule has 2 aliphatic rings. The Morgan fingerprint density at radius 3 is 2.35 bits per heavy atom. The van der Waals surface area contributed by atoms with Crippen molar-refractivity contribution in [2.24, 2.45) is 5.92 Å². The molecule has 1 saturated heterocycles. The second kappa shape index (κ2) is 9.04. The van der Waals surface area contributed by atoms with E-state index in [2.05, 4.69) is 0 Å². The minimum Gasteiger partial charge on any atom is -0.444 e. The monoisotopic (exact) mass is 480 g/mol. The summed E-state index contributed by atoms with van der Waals surface area (Å²) in [6, 6.07) is 1.93. The number of fused-ring (bicyclic) bond motifs is 1. The van der Waals surface area contributed by atoms with Gasteiger partial charge in [0.05, 0.1) is 17.3 Å². The summed E-state index contributed by atoms with van der Waals surface area (Å²) in [6.07, 6.45) is -1.38. The van der Waals surface area contributed by atoms with Crippen LogP contribution in [0.15, 0.2) is 6.07 Å². The molecular weight excluding hydrogens is 445 g/mol. The molecule has 0 aromatic carbocycles. The van der Waals surface area contributed by atoms with E-state index in [0.717, 1.165) is 41.1 Å². The normalized spacial score (nSPS) is 24.5. The number of halogens is 3. The molecule has 0 spiro atoms. The number of carbonyl (C=O) groups excluding carboxylic acids is 1. The summed E-state index contributed by atoms with van der Waals surface area (Å²) < 4.78 is 46.8. The molecule has 1 atom stereocenters. The highest BCUT2D eigenvalue weighted by Gasteiger charge is 2.42.